The van der Waals surface area contributed by atoms with Gasteiger partial charge < -0.3 is 5.73 Å². The number of anilines is 1. The van der Waals surface area contributed by atoms with E-state index in [4.69, 9.17) is 5.73 Å². The molecule has 66 valence electrons. The smallest absolute Gasteiger partial charge is 0.344 e. The number of rotatable bonds is 1. The summed E-state index contributed by atoms with van der Waals surface area (Å²) < 4.78 is 1.47. The monoisotopic (exact) mass is 168 g/mol. The average molecular weight is 168 g/mol. The van der Waals surface area contributed by atoms with Gasteiger partial charge in [0.25, 0.3) is 0 Å². The van der Waals surface area contributed by atoms with Gasteiger partial charge in [-0.3, -0.25) is 4.98 Å². The fourth-order valence-corrected chi connectivity index (χ4v) is 1.75. The van der Waals surface area contributed by atoms with Crippen LogP contribution in [0.4, 0.5) is 5.95 Å². The molecule has 0 spiro atoms. The number of nitrogens with one attached hydrogen (secondary N) is 1. The minimum absolute atomic E-state index is 0.181. The van der Waals surface area contributed by atoms with E-state index in [0.29, 0.717) is 0 Å². The highest BCUT2D eigenvalue weighted by Crippen LogP contribution is 2.27. The number of hydrogen-bond donors (Lipinski definition) is 2. The van der Waals surface area contributed by atoms with Crippen LogP contribution in [-0.4, -0.2) is 14.8 Å². The highest BCUT2D eigenvalue weighted by Gasteiger charge is 2.19. The predicted molar refractivity (Wildman–Crippen MR) is 44.8 cm³/mol. The van der Waals surface area contributed by atoms with Crippen LogP contribution in [0, 0.1) is 0 Å². The van der Waals surface area contributed by atoms with Crippen molar-refractivity contribution in [2.45, 2.75) is 31.7 Å². The molecule has 12 heavy (non-hydrogen) atoms. The molecule has 0 saturated heterocycles. The van der Waals surface area contributed by atoms with Crippen molar-refractivity contribution in [3.05, 3.63) is 10.5 Å². The van der Waals surface area contributed by atoms with Crippen LogP contribution < -0.4 is 11.4 Å². The Labute approximate surface area is 69.6 Å². The number of nitrogen functional groups attached to an aromatic ring is 1. The minimum atomic E-state index is -0.181. The lowest BCUT2D eigenvalue weighted by Gasteiger charge is -2.05. The van der Waals surface area contributed by atoms with E-state index in [1.807, 2.05) is 0 Å². The highest BCUT2D eigenvalue weighted by molar-refractivity contribution is 5.09. The molecule has 5 nitrogen and oxygen atoms in total. The Hall–Kier alpha value is -1.26. The maximum absolute atomic E-state index is 11.2. The first kappa shape index (κ1) is 7.39. The summed E-state index contributed by atoms with van der Waals surface area (Å²) in [6.45, 7) is 0. The van der Waals surface area contributed by atoms with Crippen LogP contribution in [0.3, 0.4) is 0 Å². The topological polar surface area (TPSA) is 76.7 Å². The van der Waals surface area contributed by atoms with E-state index in [2.05, 4.69) is 10.1 Å². The van der Waals surface area contributed by atoms with Crippen molar-refractivity contribution in [1.29, 1.82) is 0 Å². The van der Waals surface area contributed by atoms with Crippen molar-refractivity contribution in [1.82, 2.24) is 14.8 Å². The van der Waals surface area contributed by atoms with Gasteiger partial charge in [0, 0.05) is 0 Å². The molecule has 1 aromatic heterocycles. The third kappa shape index (κ3) is 1.11. The van der Waals surface area contributed by atoms with Crippen LogP contribution >= 0.6 is 0 Å². The van der Waals surface area contributed by atoms with E-state index in [-0.39, 0.29) is 17.7 Å². The maximum atomic E-state index is 11.2. The third-order valence-corrected chi connectivity index (χ3v) is 2.33. The molecule has 1 fully saturated rings. The Bertz CT molecular complexity index is 320. The lowest BCUT2D eigenvalue weighted by molar-refractivity contribution is 0.453. The number of aromatic amines is 1. The van der Waals surface area contributed by atoms with Gasteiger partial charge in [-0.25, -0.2) is 9.48 Å². The van der Waals surface area contributed by atoms with Gasteiger partial charge in [-0.15, -0.1) is 5.10 Å². The van der Waals surface area contributed by atoms with Gasteiger partial charge in [0.15, 0.2) is 0 Å². The maximum Gasteiger partial charge on any atom is 0.344 e. The van der Waals surface area contributed by atoms with Crippen LogP contribution in [-0.2, 0) is 0 Å². The fourth-order valence-electron chi connectivity index (χ4n) is 1.75. The molecule has 1 heterocycles. The molecule has 2 rings (SSSR count). The molecule has 0 unspecified atom stereocenters. The van der Waals surface area contributed by atoms with E-state index in [9.17, 15) is 4.79 Å². The largest absolute Gasteiger partial charge is 0.368 e. The van der Waals surface area contributed by atoms with Crippen molar-refractivity contribution >= 4 is 5.95 Å². The van der Waals surface area contributed by atoms with Crippen molar-refractivity contribution in [2.24, 2.45) is 0 Å². The van der Waals surface area contributed by atoms with Gasteiger partial charge in [-0.2, -0.15) is 0 Å². The van der Waals surface area contributed by atoms with E-state index in [0.717, 1.165) is 12.8 Å². The summed E-state index contributed by atoms with van der Waals surface area (Å²) in [6.07, 6.45) is 4.46. The number of nitrogens with two attached hydrogens (primary N) is 1. The molecule has 1 aliphatic rings. The number of aromatic nitrogens is 3. The van der Waals surface area contributed by atoms with E-state index in [1.54, 1.807) is 0 Å². The molecule has 5 heteroatoms. The molecule has 0 aliphatic heterocycles. The Morgan fingerprint density at radius 1 is 1.50 bits per heavy atom. The quantitative estimate of drug-likeness (QED) is 0.631. The predicted octanol–water partition coefficient (Wildman–Crippen LogP) is 0.269. The van der Waals surface area contributed by atoms with Crippen LogP contribution in [0.5, 0.6) is 0 Å². The first-order valence-electron chi connectivity index (χ1n) is 4.21. The summed E-state index contributed by atoms with van der Waals surface area (Å²) in [7, 11) is 0. The molecule has 3 N–H and O–H groups in total. The van der Waals surface area contributed by atoms with E-state index < -0.39 is 0 Å². The summed E-state index contributed by atoms with van der Waals surface area (Å²) in [5.74, 6) is 0.215. The highest BCUT2D eigenvalue weighted by atomic mass is 16.2. The van der Waals surface area contributed by atoms with Crippen LogP contribution in [0.1, 0.15) is 31.7 Å². The Kier molecular flexibility index (Phi) is 1.64. The number of H-pyrrole nitrogens is 1. The summed E-state index contributed by atoms with van der Waals surface area (Å²) >= 11 is 0. The van der Waals surface area contributed by atoms with Gasteiger partial charge in [0.1, 0.15) is 0 Å². The molecular weight excluding hydrogens is 156 g/mol. The second kappa shape index (κ2) is 2.66. The molecule has 0 aromatic carbocycles. The third-order valence-electron chi connectivity index (χ3n) is 2.33. The Balaban J connectivity index is 2.32. The fraction of sp³-hybridized carbons (Fsp3) is 0.714. The van der Waals surface area contributed by atoms with Gasteiger partial charge in [0.2, 0.25) is 5.95 Å². The summed E-state index contributed by atoms with van der Waals surface area (Å²) in [4.78, 5) is 13.7. The van der Waals surface area contributed by atoms with Crippen molar-refractivity contribution in [3.8, 4) is 0 Å². The summed E-state index contributed by atoms with van der Waals surface area (Å²) in [5, 5.41) is 3.92. The van der Waals surface area contributed by atoms with Crippen LogP contribution in [0.2, 0.25) is 0 Å². The Morgan fingerprint density at radius 3 is 2.67 bits per heavy atom. The molecule has 0 radical (unpaired) electrons. The normalized spacial score (nSPS) is 18.7. The standard InChI is InChI=1S/C7H12N4O/c8-6-9-7(12)11(10-6)5-3-1-2-4-5/h5H,1-4H2,(H3,8,9,10,12). The van der Waals surface area contributed by atoms with Gasteiger partial charge in [-0.05, 0) is 12.8 Å². The van der Waals surface area contributed by atoms with Crippen LogP contribution in [0.15, 0.2) is 4.79 Å². The summed E-state index contributed by atoms with van der Waals surface area (Å²) in [6, 6.07) is 0.269. The molecule has 0 amide bonds. The second-order valence-electron chi connectivity index (χ2n) is 3.20. The van der Waals surface area contributed by atoms with Crippen molar-refractivity contribution < 1.29 is 0 Å². The van der Waals surface area contributed by atoms with E-state index in [1.165, 1.54) is 17.5 Å². The summed E-state index contributed by atoms with van der Waals surface area (Å²) in [5.41, 5.74) is 5.18. The zero-order valence-electron chi connectivity index (χ0n) is 6.79. The zero-order chi connectivity index (χ0) is 8.55. The molecule has 1 aromatic rings. The average Bonchev–Trinajstić information content (AvgIpc) is 2.58. The second-order valence-corrected chi connectivity index (χ2v) is 3.20. The molecule has 1 saturated carbocycles. The number of hydrogen-bond acceptors (Lipinski definition) is 3. The SMILES string of the molecule is Nc1nn(C2CCCC2)c(=O)[nH]1. The number of nitrogens with zero attached hydrogens (tertiary/aromatic N) is 2. The molecule has 0 atom stereocenters. The van der Waals surface area contributed by atoms with Crippen LogP contribution in [0.25, 0.3) is 0 Å². The first-order chi connectivity index (χ1) is 5.77. The Morgan fingerprint density at radius 2 is 2.17 bits per heavy atom. The zero-order valence-corrected chi connectivity index (χ0v) is 6.79. The van der Waals surface area contributed by atoms with Crippen molar-refractivity contribution in [2.75, 3.05) is 5.73 Å². The lowest BCUT2D eigenvalue weighted by Crippen LogP contribution is -2.21. The van der Waals surface area contributed by atoms with E-state index >= 15 is 0 Å². The minimum Gasteiger partial charge on any atom is -0.368 e. The molecule has 0 bridgehead atoms. The lowest BCUT2D eigenvalue weighted by atomic mass is 10.3. The molecular formula is C7H12N4O. The first-order valence-corrected chi connectivity index (χ1v) is 4.21. The molecule has 1 aliphatic carbocycles. The van der Waals surface area contributed by atoms with Gasteiger partial charge in [-0.1, -0.05) is 12.8 Å². The van der Waals surface area contributed by atoms with Gasteiger partial charge in [0.05, 0.1) is 6.04 Å². The van der Waals surface area contributed by atoms with Crippen molar-refractivity contribution in [3.63, 3.8) is 0 Å². The van der Waals surface area contributed by atoms with Gasteiger partial charge >= 0.3 is 5.69 Å².